The van der Waals surface area contributed by atoms with Crippen LogP contribution in [0.4, 0.5) is 0 Å². The summed E-state index contributed by atoms with van der Waals surface area (Å²) < 4.78 is 388. The van der Waals surface area contributed by atoms with Gasteiger partial charge in [0.1, 0.15) is 61.5 Å². The lowest BCUT2D eigenvalue weighted by atomic mass is 10.0. The van der Waals surface area contributed by atoms with Crippen LogP contribution in [-0.2, 0) is 32.0 Å². The first-order valence-electron chi connectivity index (χ1n) is 59.5. The molecule has 0 aliphatic rings. The van der Waals surface area contributed by atoms with Crippen molar-refractivity contribution in [2.75, 3.05) is 104 Å². The van der Waals surface area contributed by atoms with E-state index in [9.17, 15) is 25.5 Å². The molecule has 0 aromatic heterocycles. The van der Waals surface area contributed by atoms with Crippen LogP contribution in [0.2, 0.25) is 0 Å². The molecule has 0 radical (unpaired) electrons. The molecule has 0 saturated carbocycles. The van der Waals surface area contributed by atoms with Gasteiger partial charge in [-0.2, -0.15) is 0 Å². The molecule has 5 atom stereocenters. The molecule has 125 heavy (non-hydrogen) atoms. The van der Waals surface area contributed by atoms with Crippen molar-refractivity contribution < 1.29 is 151 Å². The van der Waals surface area contributed by atoms with E-state index in [1.165, 1.54) is 120 Å². The Morgan fingerprint density at radius 1 is 0.248 bits per heavy atom. The molecule has 20 nitrogen and oxygen atoms in total. The van der Waals surface area contributed by atoms with Gasteiger partial charge in [-0.1, -0.05) is 123 Å². The maximum absolute atomic E-state index is 10.4. The Kier molecular flexibility index (Phi) is 27.5. The van der Waals surface area contributed by atoms with Gasteiger partial charge in [0.15, 0.2) is 57.5 Å². The van der Waals surface area contributed by atoms with E-state index in [4.69, 9.17) is 126 Å². The molecule has 0 saturated heterocycles. The van der Waals surface area contributed by atoms with Gasteiger partial charge in [-0.05, 0) is 308 Å². The van der Waals surface area contributed by atoms with Crippen LogP contribution in [0.5, 0.6) is 86.2 Å². The van der Waals surface area contributed by atoms with Gasteiger partial charge in [-0.25, -0.2) is 0 Å². The number of ether oxygens (including phenoxy) is 15. The molecule has 10 aromatic rings. The molecule has 0 amide bonds. The first-order chi connectivity index (χ1) is 75.2. The number of aliphatic hydroxyl groups is 5. The molecular formula is C105H140O20. The second kappa shape index (κ2) is 59.8. The summed E-state index contributed by atoms with van der Waals surface area (Å²) in [6.07, 6.45) is -27.4. The minimum absolute atomic E-state index is 0.00513. The third-order valence-electron chi connectivity index (χ3n) is 17.4. The van der Waals surface area contributed by atoms with Gasteiger partial charge in [0.05, 0.1) is 142 Å². The van der Waals surface area contributed by atoms with Crippen LogP contribution in [0.15, 0.2) is 212 Å². The molecule has 0 fully saturated rings. The fraction of sp³-hybridized carbons (Fsp3) is 0.429. The lowest BCUT2D eigenvalue weighted by molar-refractivity contribution is 0.0976. The normalized spacial score (nSPS) is 19.5. The van der Waals surface area contributed by atoms with Crippen LogP contribution in [0.1, 0.15) is 207 Å². The van der Waals surface area contributed by atoms with Gasteiger partial charge in [-0.15, -0.1) is 0 Å². The predicted octanol–water partition coefficient (Wildman–Crippen LogP) is 20.8. The molecule has 0 aliphatic heterocycles. The van der Waals surface area contributed by atoms with Crippen LogP contribution in [0.3, 0.4) is 0 Å². The second-order valence-corrected chi connectivity index (χ2v) is 27.4. The zero-order valence-corrected chi connectivity index (χ0v) is 71.7. The van der Waals surface area contributed by atoms with Gasteiger partial charge in [0, 0.05) is 13.7 Å². The second-order valence-electron chi connectivity index (χ2n) is 27.4. The zero-order valence-electron chi connectivity index (χ0n) is 112. The Morgan fingerprint density at radius 3 is 0.688 bits per heavy atom. The molecule has 10 rings (SSSR count). The van der Waals surface area contributed by atoms with Gasteiger partial charge in [0.2, 0.25) is 0 Å². The number of methoxy groups -OCH3 is 10. The lowest BCUT2D eigenvalue weighted by Crippen LogP contribution is -2.17. The van der Waals surface area contributed by atoms with Crippen LogP contribution in [0.25, 0.3) is 0 Å². The molecule has 10 aromatic carbocycles. The highest BCUT2D eigenvalue weighted by Crippen LogP contribution is 2.34. The Labute approximate surface area is 800 Å². The summed E-state index contributed by atoms with van der Waals surface area (Å²) in [5.74, 6) is 1.12. The smallest absolute Gasteiger partial charge is 0.160 e. The van der Waals surface area contributed by atoms with E-state index in [1.807, 2.05) is 13.0 Å². The highest BCUT2D eigenvalue weighted by Gasteiger charge is 2.15. The Hall–Kier alpha value is -11.0. The highest BCUT2D eigenvalue weighted by molar-refractivity contribution is 5.47. The SMILES string of the molecule is [2H]C([2H])(CCC([2H])(O)C([2H])([2H])Oc1cccc(C)c1)Cc1ccc(OC([2H])([2H])[2H])c(OC)c1.[2H]C([2H])(CCC([2H])(O)C([2H])([2H])Oc1cccc(C)c1)Cc1ccc(OC)c(OC([2H])([2H])[2H])c1.[2H]C([2H])(CCC([2H])(O)C([2H])([2H])Oc1cccc(C)c1)Cc1ccc(OC)c(OC)c1.[2H]C([2H])([2H])Oc1ccc(C([2H])([2H])CCCC([2H])(O)C([2H])([2H])Oc2cccc(C)c2)cc1OC.[2H]C([2H])([2H])Oc1ccc(C([2H])([2H])CCCC([2H])(O)C([2H])([2H])Oc2cccc(C)c2)cc1OC([2H])([2H])[2H]. The van der Waals surface area contributed by atoms with Crippen molar-refractivity contribution in [3.8, 4) is 86.2 Å². The zero-order chi connectivity index (χ0) is 125. The van der Waals surface area contributed by atoms with Gasteiger partial charge < -0.3 is 96.6 Å². The summed E-state index contributed by atoms with van der Waals surface area (Å²) in [6, 6.07) is 53.7. The van der Waals surface area contributed by atoms with E-state index < -0.39 is 167 Å². The molecule has 680 valence electrons. The molecule has 0 heterocycles. The van der Waals surface area contributed by atoms with Crippen LogP contribution < -0.4 is 71.1 Å². The maximum Gasteiger partial charge on any atom is 0.160 e. The summed E-state index contributed by atoms with van der Waals surface area (Å²) in [4.78, 5) is 0. The standard InChI is InChI=1S/5C21H28O4/c5*1-16-7-6-10-19(13-16)25-15-18(22)9-5-4-8-17-11-12-20(23-2)21(14-17)24-3/h5*6-7,10-14,18,22H,4-5,8-9,15H2,1-3H3/i2D3,3D3,8D2,15D2,18D;3D3,4D2,15D2,18D;2D3,8D2,15D2,18D;2D3,4D2,15D2,18D;4D2,15D2,18D. The fourth-order valence-electron chi connectivity index (χ4n) is 11.0. The van der Waals surface area contributed by atoms with Crippen LogP contribution in [0, 0.1) is 34.6 Å². The Balaban J connectivity index is 0.000000313. The van der Waals surface area contributed by atoms with E-state index in [0.29, 0.717) is 28.2 Å². The summed E-state index contributed by atoms with van der Waals surface area (Å²) in [6.45, 7) is -4.86. The van der Waals surface area contributed by atoms with Crippen molar-refractivity contribution in [1.82, 2.24) is 0 Å². The third kappa shape index (κ3) is 41.1. The van der Waals surface area contributed by atoms with Crippen molar-refractivity contribution in [3.63, 3.8) is 0 Å². The maximum atomic E-state index is 10.4. The average Bonchev–Trinajstić information content (AvgIpc) is 0.773. The number of hydrogen-bond donors (Lipinski definition) is 5. The molecular weight excluding hydrogens is 1580 g/mol. The summed E-state index contributed by atoms with van der Waals surface area (Å²) in [5, 5.41) is 52.2. The number of hydrogen-bond acceptors (Lipinski definition) is 20. The van der Waals surface area contributed by atoms with Gasteiger partial charge in [0.25, 0.3) is 0 Å². The van der Waals surface area contributed by atoms with Crippen molar-refractivity contribution in [2.45, 2.75) is 193 Å². The van der Waals surface area contributed by atoms with E-state index in [-0.39, 0.29) is 145 Å². The molecule has 5 unspecified atom stereocenters. The van der Waals surface area contributed by atoms with E-state index >= 15 is 0 Å². The van der Waals surface area contributed by atoms with Crippen LogP contribution in [-0.4, -0.2) is 159 Å². The molecule has 0 bridgehead atoms. The monoisotopic (exact) mass is 1760 g/mol. The molecule has 20 heteroatoms. The van der Waals surface area contributed by atoms with Gasteiger partial charge >= 0.3 is 0 Å². The van der Waals surface area contributed by atoms with E-state index in [1.54, 1.807) is 137 Å². The summed E-state index contributed by atoms with van der Waals surface area (Å²) in [7, 11) is -6.93. The van der Waals surface area contributed by atoms with E-state index in [2.05, 4.69) is 0 Å². The molecule has 0 aliphatic carbocycles. The van der Waals surface area contributed by atoms with Crippen molar-refractivity contribution >= 4 is 0 Å². The van der Waals surface area contributed by atoms with E-state index in [0.717, 1.165) is 39.9 Å². The Bertz CT molecular complexity index is 6500. The largest absolute Gasteiger partial charge is 0.493 e. The number of benzene rings is 10. The minimum atomic E-state index is -2.96. The van der Waals surface area contributed by atoms with Crippen molar-refractivity contribution in [2.24, 2.45) is 0 Å². The Morgan fingerprint density at radius 2 is 0.456 bits per heavy atom. The minimum Gasteiger partial charge on any atom is -0.493 e. The summed E-state index contributed by atoms with van der Waals surface area (Å²) in [5.41, 5.74) is 5.77. The number of rotatable bonds is 50. The first kappa shape index (κ1) is 57.6. The summed E-state index contributed by atoms with van der Waals surface area (Å²) >= 11 is 0. The fourth-order valence-corrected chi connectivity index (χ4v) is 11.0. The number of aryl methyl sites for hydroxylation is 10. The first-order valence-corrected chi connectivity index (χ1v) is 39.5. The van der Waals surface area contributed by atoms with Crippen molar-refractivity contribution in [3.05, 3.63) is 268 Å². The lowest BCUT2D eigenvalue weighted by Gasteiger charge is -2.13. The average molecular weight is 1760 g/mol. The van der Waals surface area contributed by atoms with Gasteiger partial charge in [-0.3, -0.25) is 0 Å². The predicted molar refractivity (Wildman–Crippen MR) is 499 cm³/mol. The van der Waals surface area contributed by atoms with Crippen molar-refractivity contribution in [1.29, 1.82) is 0 Å². The topological polar surface area (TPSA) is 240 Å². The quantitative estimate of drug-likeness (QED) is 0.0238. The molecule has 0 spiro atoms. The van der Waals surface area contributed by atoms with Crippen LogP contribution >= 0.6 is 0 Å². The molecule has 5 N–H and O–H groups in total. The third-order valence-corrected chi connectivity index (χ3v) is 17.4. The highest BCUT2D eigenvalue weighted by atomic mass is 16.5.